The van der Waals surface area contributed by atoms with Gasteiger partial charge in [0.05, 0.1) is 5.56 Å². The largest absolute Gasteiger partial charge is 0.478 e. The molecular formula is C9H4Br2O2S. The molecule has 2 aromatic rings. The van der Waals surface area contributed by atoms with Gasteiger partial charge in [0.25, 0.3) is 0 Å². The number of carboxylic acid groups (broad SMARTS) is 1. The van der Waals surface area contributed by atoms with Crippen LogP contribution in [0.1, 0.15) is 10.4 Å². The molecular weight excluding hydrogens is 332 g/mol. The van der Waals surface area contributed by atoms with Gasteiger partial charge >= 0.3 is 5.97 Å². The molecule has 0 fully saturated rings. The lowest BCUT2D eigenvalue weighted by atomic mass is 10.2. The summed E-state index contributed by atoms with van der Waals surface area (Å²) >= 11 is 8.16. The maximum Gasteiger partial charge on any atom is 0.337 e. The minimum atomic E-state index is -0.888. The standard InChI is InChI=1S/C9H4Br2O2S/c10-4-1-5-6(9(12)13)3-14-8(5)7(11)2-4/h1-3H,(H,12,13). The lowest BCUT2D eigenvalue weighted by Gasteiger charge is -1.97. The van der Waals surface area contributed by atoms with Crippen LogP contribution in [0.3, 0.4) is 0 Å². The molecule has 1 aromatic heterocycles. The van der Waals surface area contributed by atoms with Gasteiger partial charge in [-0.2, -0.15) is 0 Å². The van der Waals surface area contributed by atoms with Crippen LogP contribution in [0.25, 0.3) is 10.1 Å². The van der Waals surface area contributed by atoms with Crippen molar-refractivity contribution < 1.29 is 9.90 Å². The van der Waals surface area contributed by atoms with E-state index >= 15 is 0 Å². The Kier molecular flexibility index (Phi) is 2.64. The molecule has 0 spiro atoms. The molecule has 0 aliphatic carbocycles. The van der Waals surface area contributed by atoms with Gasteiger partial charge in [0.2, 0.25) is 0 Å². The summed E-state index contributed by atoms with van der Waals surface area (Å²) < 4.78 is 2.75. The summed E-state index contributed by atoms with van der Waals surface area (Å²) in [5.41, 5.74) is 0.354. The van der Waals surface area contributed by atoms with Crippen molar-refractivity contribution in [1.29, 1.82) is 0 Å². The van der Waals surface area contributed by atoms with E-state index in [4.69, 9.17) is 5.11 Å². The van der Waals surface area contributed by atoms with Crippen molar-refractivity contribution in [2.24, 2.45) is 0 Å². The predicted octanol–water partition coefficient (Wildman–Crippen LogP) is 4.12. The van der Waals surface area contributed by atoms with E-state index in [1.165, 1.54) is 11.3 Å². The highest BCUT2D eigenvalue weighted by molar-refractivity contribution is 9.11. The number of benzene rings is 1. The van der Waals surface area contributed by atoms with E-state index in [0.717, 1.165) is 19.0 Å². The van der Waals surface area contributed by atoms with E-state index in [-0.39, 0.29) is 0 Å². The fourth-order valence-corrected chi connectivity index (χ4v) is 3.66. The topological polar surface area (TPSA) is 37.3 Å². The third-order valence-corrected chi connectivity index (χ3v) is 4.20. The third-order valence-electron chi connectivity index (χ3n) is 1.82. The Morgan fingerprint density at radius 3 is 2.71 bits per heavy atom. The molecule has 2 nitrogen and oxygen atoms in total. The summed E-state index contributed by atoms with van der Waals surface area (Å²) in [5, 5.41) is 11.4. The second-order valence-corrected chi connectivity index (χ2v) is 5.37. The highest BCUT2D eigenvalue weighted by atomic mass is 79.9. The van der Waals surface area contributed by atoms with Gasteiger partial charge < -0.3 is 5.11 Å². The Bertz CT molecular complexity index is 519. The zero-order chi connectivity index (χ0) is 10.3. The predicted molar refractivity (Wildman–Crippen MR) is 64.2 cm³/mol. The quantitative estimate of drug-likeness (QED) is 0.851. The molecule has 1 heterocycles. The van der Waals surface area contributed by atoms with Crippen LogP contribution in [0.2, 0.25) is 0 Å². The van der Waals surface area contributed by atoms with Crippen LogP contribution in [-0.4, -0.2) is 11.1 Å². The summed E-state index contributed by atoms with van der Waals surface area (Å²) in [7, 11) is 0. The van der Waals surface area contributed by atoms with Crippen molar-refractivity contribution in [3.05, 3.63) is 32.0 Å². The summed E-state index contributed by atoms with van der Waals surface area (Å²) in [6.07, 6.45) is 0. The monoisotopic (exact) mass is 334 g/mol. The van der Waals surface area contributed by atoms with Crippen molar-refractivity contribution in [2.75, 3.05) is 0 Å². The molecule has 0 unspecified atom stereocenters. The van der Waals surface area contributed by atoms with E-state index in [1.54, 1.807) is 5.38 Å². The molecule has 2 rings (SSSR count). The minimum absolute atomic E-state index is 0.354. The molecule has 0 amide bonds. The third kappa shape index (κ3) is 1.60. The van der Waals surface area contributed by atoms with Crippen molar-refractivity contribution in [3.8, 4) is 0 Å². The van der Waals surface area contributed by atoms with E-state index in [2.05, 4.69) is 31.9 Å². The summed E-state index contributed by atoms with van der Waals surface area (Å²) in [4.78, 5) is 10.9. The van der Waals surface area contributed by atoms with Crippen LogP contribution in [0.5, 0.6) is 0 Å². The van der Waals surface area contributed by atoms with Gasteiger partial charge in [-0.15, -0.1) is 11.3 Å². The van der Waals surface area contributed by atoms with Crippen LogP contribution < -0.4 is 0 Å². The average Bonchev–Trinajstić information content (AvgIpc) is 2.47. The Balaban J connectivity index is 2.85. The number of halogens is 2. The molecule has 0 aliphatic rings. The average molecular weight is 336 g/mol. The summed E-state index contributed by atoms with van der Waals surface area (Å²) in [6.45, 7) is 0. The number of carboxylic acids is 1. The highest BCUT2D eigenvalue weighted by Crippen LogP contribution is 2.35. The smallest absolute Gasteiger partial charge is 0.337 e. The summed E-state index contributed by atoms with van der Waals surface area (Å²) in [5.74, 6) is -0.888. The Morgan fingerprint density at radius 2 is 2.07 bits per heavy atom. The first-order valence-electron chi connectivity index (χ1n) is 3.69. The summed E-state index contributed by atoms with van der Waals surface area (Å²) in [6, 6.07) is 3.73. The molecule has 5 heteroatoms. The normalized spacial score (nSPS) is 10.7. The van der Waals surface area contributed by atoms with Crippen LogP contribution >= 0.6 is 43.2 Å². The van der Waals surface area contributed by atoms with Crippen molar-refractivity contribution in [3.63, 3.8) is 0 Å². The Labute approximate surface area is 101 Å². The second kappa shape index (κ2) is 3.64. The number of fused-ring (bicyclic) bond motifs is 1. The first-order valence-corrected chi connectivity index (χ1v) is 6.15. The van der Waals surface area contributed by atoms with E-state index in [9.17, 15) is 4.79 Å². The minimum Gasteiger partial charge on any atom is -0.478 e. The van der Waals surface area contributed by atoms with Crippen LogP contribution in [0.15, 0.2) is 26.5 Å². The fraction of sp³-hybridized carbons (Fsp3) is 0. The Hall–Kier alpha value is -0.390. The zero-order valence-corrected chi connectivity index (χ0v) is 10.7. The fourth-order valence-electron chi connectivity index (χ4n) is 1.23. The van der Waals surface area contributed by atoms with Gasteiger partial charge in [-0.1, -0.05) is 15.9 Å². The number of hydrogen-bond donors (Lipinski definition) is 1. The van der Waals surface area contributed by atoms with E-state index in [1.807, 2.05) is 12.1 Å². The van der Waals surface area contributed by atoms with Crippen LogP contribution in [0, 0.1) is 0 Å². The van der Waals surface area contributed by atoms with Gasteiger partial charge in [-0.05, 0) is 28.1 Å². The number of rotatable bonds is 1. The van der Waals surface area contributed by atoms with Gasteiger partial charge in [0, 0.05) is 24.4 Å². The second-order valence-electron chi connectivity index (χ2n) is 2.72. The molecule has 1 N–H and O–H groups in total. The molecule has 1 aromatic carbocycles. The number of hydrogen-bond acceptors (Lipinski definition) is 2. The van der Waals surface area contributed by atoms with Crippen LogP contribution in [0.4, 0.5) is 0 Å². The zero-order valence-electron chi connectivity index (χ0n) is 6.75. The van der Waals surface area contributed by atoms with Gasteiger partial charge in [0.1, 0.15) is 0 Å². The lowest BCUT2D eigenvalue weighted by molar-refractivity contribution is 0.0699. The maximum absolute atomic E-state index is 10.9. The number of thiophene rings is 1. The van der Waals surface area contributed by atoms with Crippen molar-refractivity contribution in [1.82, 2.24) is 0 Å². The van der Waals surface area contributed by atoms with Crippen LogP contribution in [-0.2, 0) is 0 Å². The SMILES string of the molecule is O=C(O)c1csc2c(Br)cc(Br)cc12. The van der Waals surface area contributed by atoms with Gasteiger partial charge in [-0.3, -0.25) is 0 Å². The molecule has 0 radical (unpaired) electrons. The molecule has 72 valence electrons. The molecule has 0 bridgehead atoms. The molecule has 0 saturated carbocycles. The Morgan fingerprint density at radius 1 is 1.36 bits per heavy atom. The van der Waals surface area contributed by atoms with Crippen molar-refractivity contribution >= 4 is 59.3 Å². The number of carbonyl (C=O) groups is 1. The van der Waals surface area contributed by atoms with E-state index in [0.29, 0.717) is 5.56 Å². The first kappa shape index (κ1) is 10.1. The first-order chi connectivity index (χ1) is 6.59. The van der Waals surface area contributed by atoms with Gasteiger partial charge in [-0.25, -0.2) is 4.79 Å². The molecule has 14 heavy (non-hydrogen) atoms. The molecule has 0 saturated heterocycles. The van der Waals surface area contributed by atoms with Gasteiger partial charge in [0.15, 0.2) is 0 Å². The van der Waals surface area contributed by atoms with E-state index < -0.39 is 5.97 Å². The lowest BCUT2D eigenvalue weighted by Crippen LogP contribution is -1.93. The maximum atomic E-state index is 10.9. The van der Waals surface area contributed by atoms with Crippen molar-refractivity contribution in [2.45, 2.75) is 0 Å². The highest BCUT2D eigenvalue weighted by Gasteiger charge is 2.12. The molecule has 0 atom stereocenters. The molecule has 0 aliphatic heterocycles. The number of aromatic carboxylic acids is 1.